The van der Waals surface area contributed by atoms with E-state index in [1.54, 1.807) is 17.5 Å². The van der Waals surface area contributed by atoms with E-state index in [-0.39, 0.29) is 0 Å². The van der Waals surface area contributed by atoms with Crippen molar-refractivity contribution in [3.05, 3.63) is 17.5 Å². The number of rotatable bonds is 8. The summed E-state index contributed by atoms with van der Waals surface area (Å²) >= 11 is 1.26. The van der Waals surface area contributed by atoms with Crippen LogP contribution in [0.2, 0.25) is 0 Å². The molecule has 0 spiro atoms. The second-order valence-electron chi connectivity index (χ2n) is 5.29. The molecule has 0 atom stereocenters. The quantitative estimate of drug-likeness (QED) is 0.750. The highest BCUT2D eigenvalue weighted by atomic mass is 32.2. The number of thiophene rings is 1. The molecule has 0 aromatic carbocycles. The Labute approximate surface area is 126 Å². The van der Waals surface area contributed by atoms with Crippen LogP contribution in [0.25, 0.3) is 0 Å². The number of nitrogens with zero attached hydrogens (tertiary/aromatic N) is 1. The maximum absolute atomic E-state index is 11.9. The monoisotopic (exact) mass is 316 g/mol. The Morgan fingerprint density at radius 2 is 1.95 bits per heavy atom. The molecule has 0 saturated carbocycles. The fourth-order valence-corrected chi connectivity index (χ4v) is 4.63. The Balaban J connectivity index is 1.55. The van der Waals surface area contributed by atoms with Gasteiger partial charge in [-0.25, -0.2) is 13.1 Å². The normalized spacial score (nSPS) is 17.4. The molecular formula is C14H24N2O2S2. The molecule has 1 aliphatic heterocycles. The lowest BCUT2D eigenvalue weighted by Gasteiger charge is -2.26. The molecular weight excluding hydrogens is 292 g/mol. The van der Waals surface area contributed by atoms with Crippen LogP contribution in [0.15, 0.2) is 21.7 Å². The third-order valence-electron chi connectivity index (χ3n) is 3.65. The first kappa shape index (κ1) is 15.9. The van der Waals surface area contributed by atoms with Gasteiger partial charge in [-0.3, -0.25) is 0 Å². The predicted octanol–water partition coefficient (Wildman–Crippen LogP) is 2.68. The van der Waals surface area contributed by atoms with Crippen molar-refractivity contribution in [3.8, 4) is 0 Å². The summed E-state index contributed by atoms with van der Waals surface area (Å²) in [6.45, 7) is 4.19. The highest BCUT2D eigenvalue weighted by Gasteiger charge is 2.13. The van der Waals surface area contributed by atoms with Crippen LogP contribution in [-0.4, -0.2) is 39.5 Å². The molecule has 1 aromatic rings. The summed E-state index contributed by atoms with van der Waals surface area (Å²) in [6, 6.07) is 3.40. The summed E-state index contributed by atoms with van der Waals surface area (Å²) < 4.78 is 26.8. The van der Waals surface area contributed by atoms with Crippen LogP contribution >= 0.6 is 11.3 Å². The molecule has 1 saturated heterocycles. The van der Waals surface area contributed by atoms with Gasteiger partial charge >= 0.3 is 0 Å². The third-order valence-corrected chi connectivity index (χ3v) is 6.51. The highest BCUT2D eigenvalue weighted by molar-refractivity contribution is 7.91. The van der Waals surface area contributed by atoms with Crippen LogP contribution in [-0.2, 0) is 10.0 Å². The van der Waals surface area contributed by atoms with E-state index in [1.165, 1.54) is 50.1 Å². The largest absolute Gasteiger partial charge is 0.303 e. The van der Waals surface area contributed by atoms with Gasteiger partial charge in [0, 0.05) is 6.54 Å². The maximum Gasteiger partial charge on any atom is 0.250 e. The number of sulfonamides is 1. The minimum absolute atomic E-state index is 0.408. The van der Waals surface area contributed by atoms with Crippen LogP contribution in [0.1, 0.15) is 38.5 Å². The highest BCUT2D eigenvalue weighted by Crippen LogP contribution is 2.15. The smallest absolute Gasteiger partial charge is 0.250 e. The molecule has 114 valence electrons. The lowest BCUT2D eigenvalue weighted by molar-refractivity contribution is 0.224. The van der Waals surface area contributed by atoms with Gasteiger partial charge in [0.05, 0.1) is 0 Å². The van der Waals surface area contributed by atoms with E-state index in [0.29, 0.717) is 10.8 Å². The average Bonchev–Trinajstić information content (AvgIpc) is 2.99. The third kappa shape index (κ3) is 5.16. The molecule has 4 nitrogen and oxygen atoms in total. The summed E-state index contributed by atoms with van der Waals surface area (Å²) in [5, 5.41) is 1.78. The van der Waals surface area contributed by atoms with Gasteiger partial charge in [-0.05, 0) is 56.8 Å². The van der Waals surface area contributed by atoms with Gasteiger partial charge in [0.25, 0.3) is 0 Å². The van der Waals surface area contributed by atoms with Crippen molar-refractivity contribution in [2.75, 3.05) is 26.2 Å². The van der Waals surface area contributed by atoms with Crippen molar-refractivity contribution in [1.82, 2.24) is 9.62 Å². The van der Waals surface area contributed by atoms with E-state index in [0.717, 1.165) is 19.4 Å². The van der Waals surface area contributed by atoms with Crippen LogP contribution in [0.5, 0.6) is 0 Å². The Hall–Kier alpha value is -0.430. The van der Waals surface area contributed by atoms with E-state index in [1.807, 2.05) is 0 Å². The fraction of sp³-hybridized carbons (Fsp3) is 0.714. The number of nitrogens with one attached hydrogen (secondary N) is 1. The molecule has 0 amide bonds. The average molecular weight is 316 g/mol. The Kier molecular flexibility index (Phi) is 6.48. The second-order valence-corrected chi connectivity index (χ2v) is 8.23. The van der Waals surface area contributed by atoms with E-state index in [9.17, 15) is 8.42 Å². The number of piperidine rings is 1. The van der Waals surface area contributed by atoms with Crippen molar-refractivity contribution >= 4 is 21.4 Å². The topological polar surface area (TPSA) is 49.4 Å². The molecule has 1 aliphatic rings. The Morgan fingerprint density at radius 3 is 2.65 bits per heavy atom. The maximum atomic E-state index is 11.9. The lowest BCUT2D eigenvalue weighted by Crippen LogP contribution is -2.30. The molecule has 6 heteroatoms. The van der Waals surface area contributed by atoms with Crippen molar-refractivity contribution in [2.24, 2.45) is 0 Å². The molecule has 0 aliphatic carbocycles. The molecule has 1 N–H and O–H groups in total. The SMILES string of the molecule is O=S(=O)(NCCCCCN1CCCCC1)c1cccs1. The lowest BCUT2D eigenvalue weighted by atomic mass is 10.1. The van der Waals surface area contributed by atoms with Gasteiger partial charge in [0.1, 0.15) is 4.21 Å². The zero-order valence-electron chi connectivity index (χ0n) is 11.9. The summed E-state index contributed by atoms with van der Waals surface area (Å²) in [4.78, 5) is 2.53. The van der Waals surface area contributed by atoms with Gasteiger partial charge in [-0.1, -0.05) is 18.9 Å². The Morgan fingerprint density at radius 1 is 1.15 bits per heavy atom. The van der Waals surface area contributed by atoms with Gasteiger partial charge in [0.15, 0.2) is 0 Å². The minimum Gasteiger partial charge on any atom is -0.303 e. The van der Waals surface area contributed by atoms with Crippen LogP contribution in [0.4, 0.5) is 0 Å². The molecule has 2 heterocycles. The number of likely N-dealkylation sites (tertiary alicyclic amines) is 1. The molecule has 0 unspecified atom stereocenters. The van der Waals surface area contributed by atoms with Gasteiger partial charge in [0.2, 0.25) is 10.0 Å². The summed E-state index contributed by atoms with van der Waals surface area (Å²) in [7, 11) is -3.27. The van der Waals surface area contributed by atoms with Gasteiger partial charge < -0.3 is 4.90 Å². The molecule has 1 fully saturated rings. The summed E-state index contributed by atoms with van der Waals surface area (Å²) in [6.07, 6.45) is 7.21. The zero-order valence-corrected chi connectivity index (χ0v) is 13.5. The molecule has 0 bridgehead atoms. The van der Waals surface area contributed by atoms with Gasteiger partial charge in [-0.15, -0.1) is 11.3 Å². The standard InChI is InChI=1S/C14H24N2O2S2/c17-20(18,14-8-7-13-19-14)15-9-3-1-4-10-16-11-5-2-6-12-16/h7-8,13,15H,1-6,9-12H2. The first-order valence-electron chi connectivity index (χ1n) is 7.44. The van der Waals surface area contributed by atoms with Crippen LogP contribution in [0.3, 0.4) is 0 Å². The zero-order chi connectivity index (χ0) is 14.3. The molecule has 0 radical (unpaired) electrons. The van der Waals surface area contributed by atoms with Crippen molar-refractivity contribution in [3.63, 3.8) is 0 Å². The number of unbranched alkanes of at least 4 members (excludes halogenated alkanes) is 2. The summed E-state index contributed by atoms with van der Waals surface area (Å²) in [5.74, 6) is 0. The number of hydrogen-bond acceptors (Lipinski definition) is 4. The first-order valence-corrected chi connectivity index (χ1v) is 9.80. The van der Waals surface area contributed by atoms with E-state index < -0.39 is 10.0 Å². The van der Waals surface area contributed by atoms with Crippen molar-refractivity contribution < 1.29 is 8.42 Å². The molecule has 2 rings (SSSR count). The van der Waals surface area contributed by atoms with Gasteiger partial charge in [-0.2, -0.15) is 0 Å². The predicted molar refractivity (Wildman–Crippen MR) is 83.6 cm³/mol. The van der Waals surface area contributed by atoms with Crippen molar-refractivity contribution in [2.45, 2.75) is 42.7 Å². The van der Waals surface area contributed by atoms with Crippen LogP contribution < -0.4 is 4.72 Å². The van der Waals surface area contributed by atoms with E-state index in [2.05, 4.69) is 9.62 Å². The summed E-state index contributed by atoms with van der Waals surface area (Å²) in [5.41, 5.74) is 0. The minimum atomic E-state index is -3.27. The molecule has 1 aromatic heterocycles. The number of hydrogen-bond donors (Lipinski definition) is 1. The van der Waals surface area contributed by atoms with Crippen molar-refractivity contribution in [1.29, 1.82) is 0 Å². The second kappa shape index (κ2) is 8.12. The fourth-order valence-electron chi connectivity index (χ4n) is 2.51. The first-order chi connectivity index (χ1) is 9.68. The van der Waals surface area contributed by atoms with E-state index >= 15 is 0 Å². The molecule has 20 heavy (non-hydrogen) atoms. The van der Waals surface area contributed by atoms with Crippen LogP contribution in [0, 0.1) is 0 Å². The Bertz CT molecular complexity index is 465. The van der Waals surface area contributed by atoms with E-state index in [4.69, 9.17) is 0 Å².